The van der Waals surface area contributed by atoms with E-state index in [4.69, 9.17) is 11.1 Å². The standard InChI is InChI=1S/C11H23N3/c1-9(2)10-4-3-6-14(7-5-10)8-11(12)13/h9-10H,3-8H2,1-2H3,(H3,12,13). The molecule has 3 heteroatoms. The lowest BCUT2D eigenvalue weighted by molar-refractivity contribution is 0.301. The van der Waals surface area contributed by atoms with E-state index in [-0.39, 0.29) is 0 Å². The van der Waals surface area contributed by atoms with Crippen molar-refractivity contribution in [1.29, 1.82) is 5.41 Å². The Hall–Kier alpha value is -0.570. The van der Waals surface area contributed by atoms with E-state index in [2.05, 4.69) is 18.7 Å². The van der Waals surface area contributed by atoms with Crippen LogP contribution in [0.2, 0.25) is 0 Å². The summed E-state index contributed by atoms with van der Waals surface area (Å²) in [5.74, 6) is 1.97. The van der Waals surface area contributed by atoms with Crippen LogP contribution in [0, 0.1) is 17.2 Å². The van der Waals surface area contributed by atoms with Crippen molar-refractivity contribution < 1.29 is 0 Å². The second kappa shape index (κ2) is 5.35. The van der Waals surface area contributed by atoms with Gasteiger partial charge in [0.15, 0.2) is 0 Å². The Kier molecular flexibility index (Phi) is 4.39. The summed E-state index contributed by atoms with van der Waals surface area (Å²) in [5.41, 5.74) is 5.41. The van der Waals surface area contributed by atoms with Crippen molar-refractivity contribution in [1.82, 2.24) is 4.90 Å². The highest BCUT2D eigenvalue weighted by atomic mass is 15.1. The number of likely N-dealkylation sites (tertiary alicyclic amines) is 1. The molecule has 82 valence electrons. The largest absolute Gasteiger partial charge is 0.387 e. The fourth-order valence-electron chi connectivity index (χ4n) is 2.25. The Morgan fingerprint density at radius 3 is 2.71 bits per heavy atom. The minimum Gasteiger partial charge on any atom is -0.387 e. The predicted octanol–water partition coefficient (Wildman–Crippen LogP) is 1.68. The molecule has 0 aromatic rings. The van der Waals surface area contributed by atoms with Gasteiger partial charge in [-0.2, -0.15) is 0 Å². The van der Waals surface area contributed by atoms with Crippen LogP contribution in [0.3, 0.4) is 0 Å². The first-order chi connectivity index (χ1) is 6.59. The fourth-order valence-corrected chi connectivity index (χ4v) is 2.25. The molecule has 0 aliphatic carbocycles. The molecular formula is C11H23N3. The molecule has 1 fully saturated rings. The van der Waals surface area contributed by atoms with E-state index in [9.17, 15) is 0 Å². The monoisotopic (exact) mass is 197 g/mol. The number of nitrogens with zero attached hydrogens (tertiary/aromatic N) is 1. The lowest BCUT2D eigenvalue weighted by Crippen LogP contribution is -2.34. The summed E-state index contributed by atoms with van der Waals surface area (Å²) < 4.78 is 0. The van der Waals surface area contributed by atoms with Crippen molar-refractivity contribution in [2.75, 3.05) is 19.6 Å². The number of amidine groups is 1. The van der Waals surface area contributed by atoms with Gasteiger partial charge in [0.2, 0.25) is 0 Å². The van der Waals surface area contributed by atoms with Gasteiger partial charge in [0, 0.05) is 0 Å². The molecular weight excluding hydrogens is 174 g/mol. The second-order valence-electron chi connectivity index (χ2n) is 4.74. The van der Waals surface area contributed by atoms with Crippen LogP contribution in [-0.2, 0) is 0 Å². The molecule has 0 aromatic carbocycles. The van der Waals surface area contributed by atoms with Crippen molar-refractivity contribution >= 4 is 5.84 Å². The highest BCUT2D eigenvalue weighted by molar-refractivity contribution is 5.78. The quantitative estimate of drug-likeness (QED) is 0.534. The Labute approximate surface area is 87.2 Å². The van der Waals surface area contributed by atoms with Crippen molar-refractivity contribution in [2.45, 2.75) is 33.1 Å². The second-order valence-corrected chi connectivity index (χ2v) is 4.74. The van der Waals surface area contributed by atoms with Crippen molar-refractivity contribution in [2.24, 2.45) is 17.6 Å². The lowest BCUT2D eigenvalue weighted by Gasteiger charge is -2.20. The van der Waals surface area contributed by atoms with Gasteiger partial charge >= 0.3 is 0 Å². The number of nitrogens with one attached hydrogen (secondary N) is 1. The van der Waals surface area contributed by atoms with E-state index < -0.39 is 0 Å². The number of hydrogen-bond acceptors (Lipinski definition) is 2. The van der Waals surface area contributed by atoms with Crippen molar-refractivity contribution in [3.63, 3.8) is 0 Å². The fraction of sp³-hybridized carbons (Fsp3) is 0.909. The topological polar surface area (TPSA) is 53.1 Å². The Bertz CT molecular complexity index is 189. The molecule has 0 aromatic heterocycles. The first kappa shape index (κ1) is 11.5. The average molecular weight is 197 g/mol. The third-order valence-corrected chi connectivity index (χ3v) is 3.20. The third kappa shape index (κ3) is 3.66. The van der Waals surface area contributed by atoms with E-state index in [1.165, 1.54) is 19.3 Å². The van der Waals surface area contributed by atoms with Gasteiger partial charge in [-0.25, -0.2) is 0 Å². The maximum Gasteiger partial charge on any atom is 0.105 e. The van der Waals surface area contributed by atoms with E-state index in [0.29, 0.717) is 12.4 Å². The Morgan fingerprint density at radius 1 is 1.43 bits per heavy atom. The number of hydrogen-bond donors (Lipinski definition) is 2. The zero-order valence-corrected chi connectivity index (χ0v) is 9.42. The summed E-state index contributed by atoms with van der Waals surface area (Å²) in [6.45, 7) is 7.51. The molecule has 3 N–H and O–H groups in total. The van der Waals surface area contributed by atoms with Crippen LogP contribution in [0.5, 0.6) is 0 Å². The van der Waals surface area contributed by atoms with E-state index in [0.717, 1.165) is 24.9 Å². The molecule has 3 nitrogen and oxygen atoms in total. The smallest absolute Gasteiger partial charge is 0.105 e. The highest BCUT2D eigenvalue weighted by Crippen LogP contribution is 2.24. The average Bonchev–Trinajstić information content (AvgIpc) is 2.28. The van der Waals surface area contributed by atoms with Crippen LogP contribution < -0.4 is 5.73 Å². The molecule has 1 aliphatic rings. The summed E-state index contributed by atoms with van der Waals surface area (Å²) >= 11 is 0. The van der Waals surface area contributed by atoms with Crippen LogP contribution in [-0.4, -0.2) is 30.4 Å². The summed E-state index contributed by atoms with van der Waals surface area (Å²) in [7, 11) is 0. The van der Waals surface area contributed by atoms with E-state index in [1.807, 2.05) is 0 Å². The first-order valence-corrected chi connectivity index (χ1v) is 5.65. The van der Waals surface area contributed by atoms with Gasteiger partial charge in [-0.3, -0.25) is 10.3 Å². The predicted molar refractivity (Wildman–Crippen MR) is 60.5 cm³/mol. The molecule has 0 amide bonds. The zero-order chi connectivity index (χ0) is 10.6. The third-order valence-electron chi connectivity index (χ3n) is 3.20. The molecule has 0 saturated carbocycles. The molecule has 0 spiro atoms. The van der Waals surface area contributed by atoms with Gasteiger partial charge in [-0.15, -0.1) is 0 Å². The van der Waals surface area contributed by atoms with Crippen molar-refractivity contribution in [3.8, 4) is 0 Å². The van der Waals surface area contributed by atoms with Gasteiger partial charge < -0.3 is 5.73 Å². The minimum absolute atomic E-state index is 0.299. The summed E-state index contributed by atoms with van der Waals surface area (Å²) in [6, 6.07) is 0. The summed E-state index contributed by atoms with van der Waals surface area (Å²) in [5, 5.41) is 7.27. The SMILES string of the molecule is CC(C)C1CCCN(CC(=N)N)CC1. The van der Waals surface area contributed by atoms with Gasteiger partial charge in [0.25, 0.3) is 0 Å². The number of nitrogens with two attached hydrogens (primary N) is 1. The Balaban J connectivity index is 2.36. The normalized spacial score (nSPS) is 24.9. The zero-order valence-electron chi connectivity index (χ0n) is 9.42. The van der Waals surface area contributed by atoms with E-state index >= 15 is 0 Å². The summed E-state index contributed by atoms with van der Waals surface area (Å²) in [6.07, 6.45) is 3.87. The van der Waals surface area contributed by atoms with Crippen LogP contribution in [0.1, 0.15) is 33.1 Å². The lowest BCUT2D eigenvalue weighted by atomic mass is 9.89. The molecule has 1 aliphatic heterocycles. The molecule has 1 atom stereocenters. The van der Waals surface area contributed by atoms with Gasteiger partial charge in [0.05, 0.1) is 6.54 Å². The minimum atomic E-state index is 0.299. The molecule has 1 unspecified atom stereocenters. The van der Waals surface area contributed by atoms with Gasteiger partial charge in [-0.1, -0.05) is 13.8 Å². The molecule has 1 heterocycles. The van der Waals surface area contributed by atoms with Crippen LogP contribution >= 0.6 is 0 Å². The van der Waals surface area contributed by atoms with E-state index in [1.54, 1.807) is 0 Å². The molecule has 14 heavy (non-hydrogen) atoms. The number of rotatable bonds is 3. The Morgan fingerprint density at radius 2 is 2.14 bits per heavy atom. The molecule has 0 radical (unpaired) electrons. The van der Waals surface area contributed by atoms with Crippen LogP contribution in [0.4, 0.5) is 0 Å². The first-order valence-electron chi connectivity index (χ1n) is 5.65. The van der Waals surface area contributed by atoms with Crippen LogP contribution in [0.15, 0.2) is 0 Å². The van der Waals surface area contributed by atoms with Gasteiger partial charge in [0.1, 0.15) is 5.84 Å². The maximum absolute atomic E-state index is 7.27. The van der Waals surface area contributed by atoms with Crippen molar-refractivity contribution in [3.05, 3.63) is 0 Å². The molecule has 0 bridgehead atoms. The summed E-state index contributed by atoms with van der Waals surface area (Å²) in [4.78, 5) is 2.31. The van der Waals surface area contributed by atoms with Crippen LogP contribution in [0.25, 0.3) is 0 Å². The molecule has 1 saturated heterocycles. The van der Waals surface area contributed by atoms with Gasteiger partial charge in [-0.05, 0) is 44.2 Å². The maximum atomic E-state index is 7.27. The highest BCUT2D eigenvalue weighted by Gasteiger charge is 2.19. The molecule has 1 rings (SSSR count).